The summed E-state index contributed by atoms with van der Waals surface area (Å²) in [6.45, 7) is 0. The summed E-state index contributed by atoms with van der Waals surface area (Å²) >= 11 is 0. The van der Waals surface area contributed by atoms with Gasteiger partial charge in [0.2, 0.25) is 0 Å². The lowest BCUT2D eigenvalue weighted by atomic mass is 10.1. The van der Waals surface area contributed by atoms with Gasteiger partial charge in [0.05, 0.1) is 12.5 Å². The lowest BCUT2D eigenvalue weighted by Crippen LogP contribution is -2.15. The highest BCUT2D eigenvalue weighted by atomic mass is 16.4. The lowest BCUT2D eigenvalue weighted by molar-refractivity contribution is -0.137. The molecule has 1 heterocycles. The second kappa shape index (κ2) is 3.27. The maximum atomic E-state index is 10.3. The molecule has 6 N–H and O–H groups in total. The molecule has 1 aromatic rings. The largest absolute Gasteiger partial charge is 0.481 e. The molecule has 0 saturated heterocycles. The van der Waals surface area contributed by atoms with Crippen LogP contribution in [-0.2, 0) is 4.79 Å². The van der Waals surface area contributed by atoms with Gasteiger partial charge >= 0.3 is 5.97 Å². The maximum absolute atomic E-state index is 10.3. The molecule has 0 aliphatic heterocycles. The summed E-state index contributed by atoms with van der Waals surface area (Å²) in [4.78, 5) is 13.0. The molecule has 0 amide bonds. The minimum atomic E-state index is -0.921. The zero-order valence-corrected chi connectivity index (χ0v) is 6.45. The Morgan fingerprint density at radius 2 is 2.33 bits per heavy atom. The van der Waals surface area contributed by atoms with Gasteiger partial charge in [-0.15, -0.1) is 0 Å². The standard InChI is InChI=1S/C7H11N3O2/c8-4(3-7(11)12)5-1-2-6(9)10-5/h1-2,4,10H,3,8-9H2,(H,11,12)/t4-/m1/s1. The van der Waals surface area contributed by atoms with E-state index in [1.165, 1.54) is 0 Å². The van der Waals surface area contributed by atoms with Crippen LogP contribution in [0.15, 0.2) is 12.1 Å². The molecule has 1 aromatic heterocycles. The monoisotopic (exact) mass is 169 g/mol. The van der Waals surface area contributed by atoms with E-state index in [1.54, 1.807) is 12.1 Å². The Hall–Kier alpha value is -1.49. The smallest absolute Gasteiger partial charge is 0.305 e. The average Bonchev–Trinajstić information content (AvgIpc) is 2.34. The number of nitrogens with two attached hydrogens (primary N) is 2. The number of H-pyrrole nitrogens is 1. The zero-order valence-electron chi connectivity index (χ0n) is 6.45. The van der Waals surface area contributed by atoms with Crippen molar-refractivity contribution < 1.29 is 9.90 Å². The highest BCUT2D eigenvalue weighted by Gasteiger charge is 2.11. The molecule has 0 unspecified atom stereocenters. The van der Waals surface area contributed by atoms with Crippen molar-refractivity contribution in [2.75, 3.05) is 5.73 Å². The summed E-state index contributed by atoms with van der Waals surface area (Å²) in [5.41, 5.74) is 11.6. The van der Waals surface area contributed by atoms with E-state index in [0.29, 0.717) is 11.5 Å². The van der Waals surface area contributed by atoms with Crippen LogP contribution in [0.4, 0.5) is 5.82 Å². The van der Waals surface area contributed by atoms with Crippen molar-refractivity contribution in [1.29, 1.82) is 0 Å². The number of carboxylic acids is 1. The van der Waals surface area contributed by atoms with Crippen LogP contribution < -0.4 is 11.5 Å². The van der Waals surface area contributed by atoms with Crippen molar-refractivity contribution in [3.63, 3.8) is 0 Å². The van der Waals surface area contributed by atoms with Crippen molar-refractivity contribution in [2.45, 2.75) is 12.5 Å². The van der Waals surface area contributed by atoms with Crippen LogP contribution in [0.5, 0.6) is 0 Å². The van der Waals surface area contributed by atoms with Gasteiger partial charge in [-0.3, -0.25) is 4.79 Å². The van der Waals surface area contributed by atoms with Gasteiger partial charge in [0.25, 0.3) is 0 Å². The number of hydrogen-bond acceptors (Lipinski definition) is 3. The van der Waals surface area contributed by atoms with E-state index in [9.17, 15) is 4.79 Å². The molecule has 0 fully saturated rings. The van der Waals surface area contributed by atoms with Gasteiger partial charge in [0, 0.05) is 5.69 Å². The molecule has 0 radical (unpaired) electrons. The normalized spacial score (nSPS) is 12.8. The number of nitrogens with one attached hydrogen (secondary N) is 1. The summed E-state index contributed by atoms with van der Waals surface area (Å²) in [5, 5.41) is 8.43. The highest BCUT2D eigenvalue weighted by Crippen LogP contribution is 2.13. The first-order chi connectivity index (χ1) is 5.59. The second-order valence-electron chi connectivity index (χ2n) is 2.57. The second-order valence-corrected chi connectivity index (χ2v) is 2.57. The van der Waals surface area contributed by atoms with Crippen LogP contribution in [-0.4, -0.2) is 16.1 Å². The lowest BCUT2D eigenvalue weighted by Gasteiger charge is -2.05. The van der Waals surface area contributed by atoms with Crippen LogP contribution in [0.25, 0.3) is 0 Å². The van der Waals surface area contributed by atoms with Gasteiger partial charge in [-0.1, -0.05) is 0 Å². The Kier molecular flexibility index (Phi) is 2.35. The molecule has 1 rings (SSSR count). The van der Waals surface area contributed by atoms with Gasteiger partial charge in [-0.05, 0) is 12.1 Å². The molecule has 0 saturated carbocycles. The molecular weight excluding hydrogens is 158 g/mol. The quantitative estimate of drug-likeness (QED) is 0.513. The Morgan fingerprint density at radius 1 is 1.67 bits per heavy atom. The van der Waals surface area contributed by atoms with E-state index in [4.69, 9.17) is 16.6 Å². The topological polar surface area (TPSA) is 105 Å². The summed E-state index contributed by atoms with van der Waals surface area (Å²) in [6.07, 6.45) is -0.0973. The van der Waals surface area contributed by atoms with Crippen molar-refractivity contribution >= 4 is 11.8 Å². The number of anilines is 1. The van der Waals surface area contributed by atoms with Gasteiger partial charge in [-0.2, -0.15) is 0 Å². The van der Waals surface area contributed by atoms with Crippen LogP contribution >= 0.6 is 0 Å². The molecule has 0 aromatic carbocycles. The van der Waals surface area contributed by atoms with Crippen molar-refractivity contribution in [3.8, 4) is 0 Å². The van der Waals surface area contributed by atoms with E-state index in [2.05, 4.69) is 4.98 Å². The Bertz CT molecular complexity index is 282. The molecule has 0 spiro atoms. The number of carbonyl (C=O) groups is 1. The summed E-state index contributed by atoms with van der Waals surface area (Å²) in [6, 6.07) is 2.82. The van der Waals surface area contributed by atoms with Crippen LogP contribution in [0.2, 0.25) is 0 Å². The number of aliphatic carboxylic acids is 1. The summed E-state index contributed by atoms with van der Waals surface area (Å²) < 4.78 is 0. The Balaban J connectivity index is 2.64. The fourth-order valence-electron chi connectivity index (χ4n) is 0.944. The highest BCUT2D eigenvalue weighted by molar-refractivity contribution is 5.67. The fourth-order valence-corrected chi connectivity index (χ4v) is 0.944. The van der Waals surface area contributed by atoms with E-state index in [-0.39, 0.29) is 6.42 Å². The molecule has 5 heteroatoms. The Morgan fingerprint density at radius 3 is 2.75 bits per heavy atom. The SMILES string of the molecule is Nc1ccc([C@H](N)CC(=O)O)[nH]1. The van der Waals surface area contributed by atoms with Crippen LogP contribution in [0.3, 0.4) is 0 Å². The molecule has 0 aliphatic carbocycles. The van der Waals surface area contributed by atoms with Crippen molar-refractivity contribution in [3.05, 3.63) is 17.8 Å². The number of aromatic amines is 1. The molecule has 5 nitrogen and oxygen atoms in total. The molecular formula is C7H11N3O2. The van der Waals surface area contributed by atoms with E-state index < -0.39 is 12.0 Å². The number of carboxylic acid groups (broad SMARTS) is 1. The summed E-state index contributed by atoms with van der Waals surface area (Å²) in [7, 11) is 0. The molecule has 66 valence electrons. The van der Waals surface area contributed by atoms with E-state index >= 15 is 0 Å². The number of hydrogen-bond donors (Lipinski definition) is 4. The predicted molar refractivity (Wildman–Crippen MR) is 44.4 cm³/mol. The van der Waals surface area contributed by atoms with Gasteiger partial charge in [0.15, 0.2) is 0 Å². The van der Waals surface area contributed by atoms with E-state index in [1.807, 2.05) is 0 Å². The number of rotatable bonds is 3. The minimum absolute atomic E-state index is 0.0973. The number of aromatic nitrogens is 1. The minimum Gasteiger partial charge on any atom is -0.481 e. The Labute approximate surface area is 69.4 Å². The number of nitrogen functional groups attached to an aromatic ring is 1. The molecule has 12 heavy (non-hydrogen) atoms. The third-order valence-corrected chi connectivity index (χ3v) is 1.53. The van der Waals surface area contributed by atoms with Crippen LogP contribution in [0, 0.1) is 0 Å². The third-order valence-electron chi connectivity index (χ3n) is 1.53. The van der Waals surface area contributed by atoms with Crippen molar-refractivity contribution in [1.82, 2.24) is 4.98 Å². The first-order valence-corrected chi connectivity index (χ1v) is 3.51. The predicted octanol–water partition coefficient (Wildman–Crippen LogP) is 0.0714. The zero-order chi connectivity index (χ0) is 9.14. The fraction of sp³-hybridized carbons (Fsp3) is 0.286. The van der Waals surface area contributed by atoms with E-state index in [0.717, 1.165) is 0 Å². The summed E-state index contributed by atoms with van der Waals surface area (Å²) in [5.74, 6) is -0.429. The molecule has 0 aliphatic rings. The van der Waals surface area contributed by atoms with Gasteiger partial charge in [-0.25, -0.2) is 0 Å². The average molecular weight is 169 g/mol. The maximum Gasteiger partial charge on any atom is 0.305 e. The first-order valence-electron chi connectivity index (χ1n) is 3.51. The van der Waals surface area contributed by atoms with Gasteiger partial charge < -0.3 is 21.6 Å². The van der Waals surface area contributed by atoms with Crippen LogP contribution in [0.1, 0.15) is 18.2 Å². The first kappa shape index (κ1) is 8.61. The van der Waals surface area contributed by atoms with Gasteiger partial charge in [0.1, 0.15) is 5.82 Å². The molecule has 0 bridgehead atoms. The third kappa shape index (κ3) is 2.00. The molecule has 1 atom stereocenters. The van der Waals surface area contributed by atoms with Crippen molar-refractivity contribution in [2.24, 2.45) is 5.73 Å².